The van der Waals surface area contributed by atoms with Crippen LogP contribution in [0.1, 0.15) is 12.6 Å². The Morgan fingerprint density at radius 3 is 2.84 bits per heavy atom. The highest BCUT2D eigenvalue weighted by molar-refractivity contribution is 6.00. The average molecular weight is 263 g/mol. The number of amidine groups is 1. The zero-order valence-corrected chi connectivity index (χ0v) is 11.6. The largest absolute Gasteiger partial charge is 0.409 e. The highest BCUT2D eigenvalue weighted by Gasteiger charge is 2.32. The summed E-state index contributed by atoms with van der Waals surface area (Å²) >= 11 is 0. The smallest absolute Gasteiger partial charge is 0.190 e. The Hall–Kier alpha value is -1.82. The molecule has 6 nitrogen and oxygen atoms in total. The molecule has 0 aromatic carbocycles. The lowest BCUT2D eigenvalue weighted by atomic mass is 10.1. The van der Waals surface area contributed by atoms with Gasteiger partial charge in [-0.25, -0.2) is 0 Å². The lowest BCUT2D eigenvalue weighted by Crippen LogP contribution is -2.34. The van der Waals surface area contributed by atoms with Crippen LogP contribution in [0.25, 0.3) is 0 Å². The minimum Gasteiger partial charge on any atom is -0.409 e. The van der Waals surface area contributed by atoms with Gasteiger partial charge < -0.3 is 20.7 Å². The minimum atomic E-state index is 0.0524. The van der Waals surface area contributed by atoms with Crippen LogP contribution in [0.2, 0.25) is 0 Å². The normalized spacial score (nSPS) is 24.2. The molecule has 0 spiro atoms. The Kier molecular flexibility index (Phi) is 3.90. The Morgan fingerprint density at radius 1 is 1.53 bits per heavy atom. The number of hydrogen-bond acceptors (Lipinski definition) is 5. The lowest BCUT2D eigenvalue weighted by molar-refractivity contribution is 0.266. The third-order valence-corrected chi connectivity index (χ3v) is 3.71. The number of hydrogen-bond donors (Lipinski definition) is 2. The first-order valence-corrected chi connectivity index (χ1v) is 6.39. The second kappa shape index (κ2) is 5.44. The molecular weight excluding hydrogens is 242 g/mol. The second-order valence-corrected chi connectivity index (χ2v) is 5.27. The molecule has 19 heavy (non-hydrogen) atoms. The van der Waals surface area contributed by atoms with Crippen LogP contribution in [0.3, 0.4) is 0 Å². The first-order chi connectivity index (χ1) is 9.04. The van der Waals surface area contributed by atoms with E-state index in [1.807, 2.05) is 12.1 Å². The van der Waals surface area contributed by atoms with Gasteiger partial charge in [0.2, 0.25) is 0 Å². The van der Waals surface area contributed by atoms with Crippen molar-refractivity contribution in [2.45, 2.75) is 13.0 Å². The monoisotopic (exact) mass is 263 g/mol. The van der Waals surface area contributed by atoms with E-state index in [0.29, 0.717) is 17.7 Å². The van der Waals surface area contributed by atoms with Crippen molar-refractivity contribution in [3.63, 3.8) is 0 Å². The third-order valence-electron chi connectivity index (χ3n) is 3.71. The summed E-state index contributed by atoms with van der Waals surface area (Å²) in [5, 5.41) is 11.9. The zero-order valence-electron chi connectivity index (χ0n) is 11.6. The third kappa shape index (κ3) is 2.63. The molecule has 0 aliphatic carbocycles. The fourth-order valence-electron chi connectivity index (χ4n) is 2.72. The number of rotatable bonds is 3. The molecule has 1 aromatic rings. The fourth-order valence-corrected chi connectivity index (χ4v) is 2.72. The Balaban J connectivity index is 2.29. The molecule has 0 radical (unpaired) electrons. The van der Waals surface area contributed by atoms with E-state index >= 15 is 0 Å². The van der Waals surface area contributed by atoms with Crippen molar-refractivity contribution in [1.82, 2.24) is 9.88 Å². The van der Waals surface area contributed by atoms with Crippen LogP contribution < -0.4 is 10.6 Å². The van der Waals surface area contributed by atoms with Crippen LogP contribution in [0.5, 0.6) is 0 Å². The highest BCUT2D eigenvalue weighted by atomic mass is 16.4. The number of aromatic nitrogens is 1. The van der Waals surface area contributed by atoms with Crippen LogP contribution in [0.4, 0.5) is 5.69 Å². The summed E-state index contributed by atoms with van der Waals surface area (Å²) in [4.78, 5) is 8.70. The molecule has 3 N–H and O–H groups in total. The van der Waals surface area contributed by atoms with E-state index < -0.39 is 0 Å². The van der Waals surface area contributed by atoms with Gasteiger partial charge in [0.1, 0.15) is 5.69 Å². The van der Waals surface area contributed by atoms with Crippen molar-refractivity contribution in [1.29, 1.82) is 0 Å². The van der Waals surface area contributed by atoms with Crippen molar-refractivity contribution < 1.29 is 5.21 Å². The van der Waals surface area contributed by atoms with Gasteiger partial charge >= 0.3 is 0 Å². The molecule has 104 valence electrons. The van der Waals surface area contributed by atoms with E-state index in [-0.39, 0.29) is 5.84 Å². The summed E-state index contributed by atoms with van der Waals surface area (Å²) in [7, 11) is 4.19. The molecule has 0 bridgehead atoms. The first-order valence-electron chi connectivity index (χ1n) is 6.39. The SMILES string of the molecule is CC1CN(c2cccnc2/C(N)=N/O)CC1N(C)C. The van der Waals surface area contributed by atoms with Gasteiger partial charge in [0.15, 0.2) is 5.84 Å². The Morgan fingerprint density at radius 2 is 2.26 bits per heavy atom. The minimum absolute atomic E-state index is 0.0524. The van der Waals surface area contributed by atoms with Crippen LogP contribution in [0, 0.1) is 5.92 Å². The Labute approximate surface area is 113 Å². The number of anilines is 1. The molecule has 1 fully saturated rings. The summed E-state index contributed by atoms with van der Waals surface area (Å²) in [6.45, 7) is 4.11. The molecule has 1 aliphatic heterocycles. The van der Waals surface area contributed by atoms with E-state index in [2.05, 4.69) is 41.0 Å². The lowest BCUT2D eigenvalue weighted by Gasteiger charge is -2.23. The summed E-state index contributed by atoms with van der Waals surface area (Å²) in [6, 6.07) is 4.34. The number of likely N-dealkylation sites (N-methyl/N-ethyl adjacent to an activating group) is 1. The second-order valence-electron chi connectivity index (χ2n) is 5.27. The van der Waals surface area contributed by atoms with E-state index in [1.54, 1.807) is 6.20 Å². The van der Waals surface area contributed by atoms with Gasteiger partial charge in [-0.1, -0.05) is 12.1 Å². The zero-order chi connectivity index (χ0) is 14.0. The summed E-state index contributed by atoms with van der Waals surface area (Å²) in [5.74, 6) is 0.618. The Bertz CT molecular complexity index is 474. The molecule has 0 saturated carbocycles. The van der Waals surface area contributed by atoms with Gasteiger partial charge in [-0.2, -0.15) is 0 Å². The van der Waals surface area contributed by atoms with E-state index in [1.165, 1.54) is 0 Å². The summed E-state index contributed by atoms with van der Waals surface area (Å²) < 4.78 is 0. The number of oxime groups is 1. The average Bonchev–Trinajstić information content (AvgIpc) is 2.80. The molecule has 2 heterocycles. The number of nitrogens with zero attached hydrogens (tertiary/aromatic N) is 4. The van der Waals surface area contributed by atoms with Gasteiger partial charge in [-0.05, 0) is 32.1 Å². The van der Waals surface area contributed by atoms with Crippen molar-refractivity contribution in [3.05, 3.63) is 24.0 Å². The first kappa shape index (κ1) is 13.6. The quantitative estimate of drug-likeness (QED) is 0.361. The summed E-state index contributed by atoms with van der Waals surface area (Å²) in [6.07, 6.45) is 1.65. The van der Waals surface area contributed by atoms with Gasteiger partial charge in [0.25, 0.3) is 0 Å². The molecule has 1 saturated heterocycles. The van der Waals surface area contributed by atoms with Crippen molar-refractivity contribution in [2.24, 2.45) is 16.8 Å². The topological polar surface area (TPSA) is 78.0 Å². The number of pyridine rings is 1. The maximum absolute atomic E-state index is 8.84. The van der Waals surface area contributed by atoms with Crippen LogP contribution in [0.15, 0.2) is 23.5 Å². The van der Waals surface area contributed by atoms with E-state index in [0.717, 1.165) is 18.8 Å². The predicted octanol–water partition coefficient (Wildman–Crippen LogP) is 0.562. The van der Waals surface area contributed by atoms with Crippen LogP contribution in [-0.4, -0.2) is 54.2 Å². The standard InChI is InChI=1S/C13H21N5O/c1-9-7-18(8-11(9)17(2)3)10-5-4-6-15-12(10)13(14)16-19/h4-6,9,11,19H,7-8H2,1-3H3,(H2,14,16). The van der Waals surface area contributed by atoms with Crippen molar-refractivity contribution >= 4 is 11.5 Å². The van der Waals surface area contributed by atoms with Gasteiger partial charge in [-0.15, -0.1) is 0 Å². The van der Waals surface area contributed by atoms with Crippen molar-refractivity contribution in [2.75, 3.05) is 32.1 Å². The molecule has 0 amide bonds. The molecular formula is C13H21N5O. The summed E-state index contributed by atoms with van der Waals surface area (Å²) in [5.41, 5.74) is 7.16. The van der Waals surface area contributed by atoms with E-state index in [4.69, 9.17) is 10.9 Å². The molecule has 2 atom stereocenters. The molecule has 1 aromatic heterocycles. The maximum Gasteiger partial charge on any atom is 0.190 e. The molecule has 1 aliphatic rings. The van der Waals surface area contributed by atoms with Gasteiger partial charge in [-0.3, -0.25) is 4.98 Å². The highest BCUT2D eigenvalue weighted by Crippen LogP contribution is 2.27. The van der Waals surface area contributed by atoms with Crippen LogP contribution >= 0.6 is 0 Å². The fraction of sp³-hybridized carbons (Fsp3) is 0.538. The molecule has 2 unspecified atom stereocenters. The van der Waals surface area contributed by atoms with Crippen molar-refractivity contribution in [3.8, 4) is 0 Å². The number of nitrogens with two attached hydrogens (primary N) is 1. The predicted molar refractivity (Wildman–Crippen MR) is 75.6 cm³/mol. The maximum atomic E-state index is 8.84. The van der Waals surface area contributed by atoms with E-state index in [9.17, 15) is 0 Å². The van der Waals surface area contributed by atoms with Gasteiger partial charge in [0, 0.05) is 25.3 Å². The van der Waals surface area contributed by atoms with Crippen LogP contribution in [-0.2, 0) is 0 Å². The van der Waals surface area contributed by atoms with Gasteiger partial charge in [0.05, 0.1) is 5.69 Å². The molecule has 2 rings (SSSR count). The molecule has 6 heteroatoms.